The van der Waals surface area contributed by atoms with E-state index < -0.39 is 12.6 Å². The van der Waals surface area contributed by atoms with Crippen molar-refractivity contribution in [3.63, 3.8) is 0 Å². The fourth-order valence-corrected chi connectivity index (χ4v) is 2.64. The summed E-state index contributed by atoms with van der Waals surface area (Å²) < 4.78 is 9.69. The number of benzene rings is 1. The van der Waals surface area contributed by atoms with Gasteiger partial charge in [-0.3, -0.25) is 9.59 Å². The third-order valence-electron chi connectivity index (χ3n) is 4.08. The molecule has 0 radical (unpaired) electrons. The van der Waals surface area contributed by atoms with E-state index in [-0.39, 0.29) is 29.1 Å². The molecule has 0 aliphatic carbocycles. The molecular weight excluding hydrogens is 314 g/mol. The smallest absolute Gasteiger partial charge is 0.342 e. The zero-order chi connectivity index (χ0) is 17.7. The van der Waals surface area contributed by atoms with Crippen molar-refractivity contribution in [2.45, 2.75) is 19.8 Å². The number of amides is 1. The minimum Gasteiger partial charge on any atom is -0.507 e. The summed E-state index contributed by atoms with van der Waals surface area (Å²) in [6, 6.07) is 4.58. The normalized spacial score (nSPS) is 15.0. The third-order valence-corrected chi connectivity index (χ3v) is 4.08. The van der Waals surface area contributed by atoms with Crippen molar-refractivity contribution in [2.24, 2.45) is 5.92 Å². The molecule has 0 atom stereocenters. The number of carbonyl (C=O) groups is 3. The highest BCUT2D eigenvalue weighted by atomic mass is 16.5. The van der Waals surface area contributed by atoms with Crippen LogP contribution in [0, 0.1) is 12.8 Å². The van der Waals surface area contributed by atoms with Gasteiger partial charge < -0.3 is 19.5 Å². The summed E-state index contributed by atoms with van der Waals surface area (Å²) in [5, 5.41) is 9.68. The Bertz CT molecular complexity index is 634. The van der Waals surface area contributed by atoms with Gasteiger partial charge in [0.25, 0.3) is 5.91 Å². The summed E-state index contributed by atoms with van der Waals surface area (Å²) in [5.41, 5.74) is 0.836. The number of hydrogen-bond donors (Lipinski definition) is 1. The summed E-state index contributed by atoms with van der Waals surface area (Å²) in [6.07, 6.45) is 1.07. The first-order valence-electron chi connectivity index (χ1n) is 7.74. The van der Waals surface area contributed by atoms with Gasteiger partial charge in [-0.05, 0) is 31.9 Å². The van der Waals surface area contributed by atoms with E-state index in [2.05, 4.69) is 0 Å². The van der Waals surface area contributed by atoms with Gasteiger partial charge in [0.15, 0.2) is 6.61 Å². The van der Waals surface area contributed by atoms with Crippen LogP contribution in [0.3, 0.4) is 0 Å². The summed E-state index contributed by atoms with van der Waals surface area (Å²) in [6.45, 7) is 2.24. The van der Waals surface area contributed by atoms with Crippen molar-refractivity contribution in [2.75, 3.05) is 26.8 Å². The zero-order valence-corrected chi connectivity index (χ0v) is 13.8. The number of hydrogen-bond acceptors (Lipinski definition) is 6. The van der Waals surface area contributed by atoms with Gasteiger partial charge in [0.2, 0.25) is 0 Å². The number of aryl methyl sites for hydroxylation is 1. The number of methoxy groups -OCH3 is 1. The second-order valence-corrected chi connectivity index (χ2v) is 5.77. The summed E-state index contributed by atoms with van der Waals surface area (Å²) in [4.78, 5) is 37.1. The van der Waals surface area contributed by atoms with Crippen LogP contribution in [0.2, 0.25) is 0 Å². The molecule has 0 unspecified atom stereocenters. The number of nitrogens with zero attached hydrogens (tertiary/aromatic N) is 1. The van der Waals surface area contributed by atoms with Gasteiger partial charge >= 0.3 is 11.9 Å². The molecule has 7 heteroatoms. The van der Waals surface area contributed by atoms with Crippen LogP contribution in [0.1, 0.15) is 28.8 Å². The maximum atomic E-state index is 12.1. The largest absolute Gasteiger partial charge is 0.507 e. The fourth-order valence-electron chi connectivity index (χ4n) is 2.64. The number of aromatic hydroxyl groups is 1. The minimum atomic E-state index is -0.742. The molecule has 24 heavy (non-hydrogen) atoms. The van der Waals surface area contributed by atoms with Gasteiger partial charge in [0.1, 0.15) is 11.3 Å². The Morgan fingerprint density at radius 2 is 1.92 bits per heavy atom. The average Bonchev–Trinajstić information content (AvgIpc) is 2.60. The molecule has 1 N–H and O–H groups in total. The molecule has 0 aromatic heterocycles. The Hall–Kier alpha value is -2.57. The highest BCUT2D eigenvalue weighted by Gasteiger charge is 2.28. The van der Waals surface area contributed by atoms with E-state index in [1.165, 1.54) is 19.2 Å². The molecule has 1 aromatic carbocycles. The predicted octanol–water partition coefficient (Wildman–Crippen LogP) is 1.27. The van der Waals surface area contributed by atoms with Crippen LogP contribution in [0.15, 0.2) is 18.2 Å². The number of esters is 2. The monoisotopic (exact) mass is 335 g/mol. The molecule has 1 heterocycles. The molecule has 0 spiro atoms. The quantitative estimate of drug-likeness (QED) is 0.833. The van der Waals surface area contributed by atoms with Crippen molar-refractivity contribution in [1.82, 2.24) is 4.90 Å². The van der Waals surface area contributed by atoms with E-state index in [0.717, 1.165) is 5.56 Å². The van der Waals surface area contributed by atoms with Gasteiger partial charge in [0, 0.05) is 13.1 Å². The Balaban J connectivity index is 1.84. The van der Waals surface area contributed by atoms with Gasteiger partial charge in [0.05, 0.1) is 13.0 Å². The average molecular weight is 335 g/mol. The van der Waals surface area contributed by atoms with Crippen molar-refractivity contribution < 1.29 is 29.0 Å². The summed E-state index contributed by atoms with van der Waals surface area (Å²) in [5.74, 6) is -1.70. The minimum absolute atomic E-state index is 0.0344. The Kier molecular flexibility index (Phi) is 5.78. The molecule has 1 aromatic rings. The van der Waals surface area contributed by atoms with E-state index in [1.807, 2.05) is 0 Å². The molecule has 0 bridgehead atoms. The lowest BCUT2D eigenvalue weighted by Gasteiger charge is -2.30. The topological polar surface area (TPSA) is 93.1 Å². The third kappa shape index (κ3) is 4.24. The lowest BCUT2D eigenvalue weighted by atomic mass is 9.97. The molecule has 1 fully saturated rings. The van der Waals surface area contributed by atoms with E-state index in [9.17, 15) is 19.5 Å². The second kappa shape index (κ2) is 7.81. The van der Waals surface area contributed by atoms with Crippen molar-refractivity contribution in [3.05, 3.63) is 29.3 Å². The molecule has 2 rings (SSSR count). The fraction of sp³-hybridized carbons (Fsp3) is 0.471. The Morgan fingerprint density at radius 3 is 2.54 bits per heavy atom. The zero-order valence-electron chi connectivity index (χ0n) is 13.8. The lowest BCUT2D eigenvalue weighted by molar-refractivity contribution is -0.149. The summed E-state index contributed by atoms with van der Waals surface area (Å²) >= 11 is 0. The molecule has 130 valence electrons. The first kappa shape index (κ1) is 17.8. The van der Waals surface area contributed by atoms with E-state index in [1.54, 1.807) is 17.9 Å². The lowest BCUT2D eigenvalue weighted by Crippen LogP contribution is -2.42. The van der Waals surface area contributed by atoms with Gasteiger partial charge in [-0.1, -0.05) is 11.6 Å². The summed E-state index contributed by atoms with van der Waals surface area (Å²) in [7, 11) is 1.35. The van der Waals surface area contributed by atoms with Gasteiger partial charge in [-0.2, -0.15) is 0 Å². The van der Waals surface area contributed by atoms with E-state index in [4.69, 9.17) is 9.47 Å². The molecule has 1 aliphatic rings. The van der Waals surface area contributed by atoms with Crippen molar-refractivity contribution >= 4 is 17.8 Å². The van der Waals surface area contributed by atoms with Crippen LogP contribution in [-0.2, 0) is 19.1 Å². The maximum Gasteiger partial charge on any atom is 0.342 e. The number of likely N-dealkylation sites (tertiary alicyclic amines) is 1. The van der Waals surface area contributed by atoms with Crippen molar-refractivity contribution in [3.8, 4) is 5.75 Å². The van der Waals surface area contributed by atoms with E-state index >= 15 is 0 Å². The van der Waals surface area contributed by atoms with Crippen LogP contribution in [0.4, 0.5) is 0 Å². The maximum absolute atomic E-state index is 12.1. The van der Waals surface area contributed by atoms with Crippen LogP contribution in [-0.4, -0.2) is 54.7 Å². The number of carbonyl (C=O) groups excluding carboxylic acids is 3. The molecule has 0 saturated carbocycles. The second-order valence-electron chi connectivity index (χ2n) is 5.77. The van der Waals surface area contributed by atoms with Crippen LogP contribution < -0.4 is 0 Å². The number of phenolic OH excluding ortho intramolecular Hbond substituents is 1. The number of rotatable bonds is 4. The standard InChI is InChI=1S/C17H21NO6/c1-11-3-4-14(19)13(9-11)17(22)24-10-15(20)18-7-5-12(6-8-18)16(21)23-2/h3-4,9,12,19H,5-8,10H2,1-2H3. The number of ether oxygens (including phenoxy) is 2. The molecular formula is C17H21NO6. The first-order valence-corrected chi connectivity index (χ1v) is 7.74. The highest BCUT2D eigenvalue weighted by Crippen LogP contribution is 2.20. The molecule has 1 saturated heterocycles. The van der Waals surface area contributed by atoms with Gasteiger partial charge in [-0.15, -0.1) is 0 Å². The van der Waals surface area contributed by atoms with Gasteiger partial charge in [-0.25, -0.2) is 4.79 Å². The SMILES string of the molecule is COC(=O)C1CCN(C(=O)COC(=O)c2cc(C)ccc2O)CC1. The molecule has 7 nitrogen and oxygen atoms in total. The van der Waals surface area contributed by atoms with E-state index in [0.29, 0.717) is 25.9 Å². The van der Waals surface area contributed by atoms with Crippen LogP contribution in [0.25, 0.3) is 0 Å². The van der Waals surface area contributed by atoms with Crippen LogP contribution in [0.5, 0.6) is 5.75 Å². The first-order chi connectivity index (χ1) is 11.4. The molecule has 1 aliphatic heterocycles. The highest BCUT2D eigenvalue weighted by molar-refractivity contribution is 5.94. The Morgan fingerprint density at radius 1 is 1.25 bits per heavy atom. The Labute approximate surface area is 140 Å². The predicted molar refractivity (Wildman–Crippen MR) is 84.4 cm³/mol. The van der Waals surface area contributed by atoms with Crippen LogP contribution >= 0.6 is 0 Å². The number of phenols is 1. The number of piperidine rings is 1. The molecule has 1 amide bonds. The van der Waals surface area contributed by atoms with Crippen molar-refractivity contribution in [1.29, 1.82) is 0 Å².